The van der Waals surface area contributed by atoms with Gasteiger partial charge >= 0.3 is 11.9 Å². The molecule has 2 heterocycles. The van der Waals surface area contributed by atoms with Crippen LogP contribution < -0.4 is 0 Å². The van der Waals surface area contributed by atoms with E-state index in [0.717, 1.165) is 51.4 Å². The number of likely N-dealkylation sites (tertiary alicyclic amines) is 2. The Labute approximate surface area is 197 Å². The minimum absolute atomic E-state index is 0.276. The number of hydrogen-bond donors (Lipinski definition) is 2. The number of hydrogen-bond acceptors (Lipinski definition) is 4. The number of carboxylic acid groups (broad SMARTS) is 2. The van der Waals surface area contributed by atoms with Crippen molar-refractivity contribution in [3.63, 3.8) is 0 Å². The average Bonchev–Trinajstić information content (AvgIpc) is 2.82. The van der Waals surface area contributed by atoms with Crippen LogP contribution in [0.15, 0.2) is 0 Å². The molecule has 0 aromatic rings. The van der Waals surface area contributed by atoms with E-state index in [2.05, 4.69) is 23.6 Å². The molecule has 0 unspecified atom stereocenters. The van der Waals surface area contributed by atoms with Crippen LogP contribution in [0.5, 0.6) is 0 Å². The summed E-state index contributed by atoms with van der Waals surface area (Å²) in [4.78, 5) is 25.5. The number of rotatable bonds is 13. The fourth-order valence-electron chi connectivity index (χ4n) is 4.16. The Morgan fingerprint density at radius 3 is 1.03 bits per heavy atom. The molecule has 0 spiro atoms. The van der Waals surface area contributed by atoms with E-state index in [1.165, 1.54) is 77.8 Å². The van der Waals surface area contributed by atoms with Gasteiger partial charge in [0.15, 0.2) is 0 Å². The SMILES string of the molecule is CCN1CCCCC1.CCN1CCCCC1.O=C(O)CCCCCCCCCCC(=O)O. The maximum atomic E-state index is 10.2. The van der Waals surface area contributed by atoms with Crippen molar-refractivity contribution in [2.45, 2.75) is 117 Å². The largest absolute Gasteiger partial charge is 0.481 e. The van der Waals surface area contributed by atoms with Gasteiger partial charge in [0, 0.05) is 12.8 Å². The van der Waals surface area contributed by atoms with Crippen LogP contribution >= 0.6 is 0 Å². The summed E-state index contributed by atoms with van der Waals surface area (Å²) in [7, 11) is 0. The summed E-state index contributed by atoms with van der Waals surface area (Å²) in [5.41, 5.74) is 0. The normalized spacial score (nSPS) is 16.9. The van der Waals surface area contributed by atoms with Crippen molar-refractivity contribution in [3.8, 4) is 0 Å². The Kier molecular flexibility index (Phi) is 22.2. The molecule has 2 rings (SSSR count). The maximum absolute atomic E-state index is 10.2. The van der Waals surface area contributed by atoms with Crippen LogP contribution in [0.3, 0.4) is 0 Å². The van der Waals surface area contributed by atoms with Crippen LogP contribution in [0.25, 0.3) is 0 Å². The monoisotopic (exact) mass is 456 g/mol. The van der Waals surface area contributed by atoms with Crippen LogP contribution in [0.2, 0.25) is 0 Å². The van der Waals surface area contributed by atoms with Gasteiger partial charge in [0.1, 0.15) is 0 Å². The molecule has 0 aliphatic carbocycles. The lowest BCUT2D eigenvalue weighted by Crippen LogP contribution is -2.29. The van der Waals surface area contributed by atoms with Gasteiger partial charge in [-0.05, 0) is 77.8 Å². The van der Waals surface area contributed by atoms with E-state index in [1.807, 2.05) is 0 Å². The Morgan fingerprint density at radius 1 is 0.531 bits per heavy atom. The Hall–Kier alpha value is -1.14. The summed E-state index contributed by atoms with van der Waals surface area (Å²) in [5.74, 6) is -1.43. The number of unbranched alkanes of at least 4 members (excludes halogenated alkanes) is 7. The zero-order chi connectivity index (χ0) is 23.9. The summed E-state index contributed by atoms with van der Waals surface area (Å²) in [6.45, 7) is 12.4. The third-order valence-electron chi connectivity index (χ3n) is 6.32. The molecule has 0 amide bonds. The van der Waals surface area contributed by atoms with Gasteiger partial charge in [0.05, 0.1) is 0 Å². The molecule has 32 heavy (non-hydrogen) atoms. The molecule has 0 bridgehead atoms. The van der Waals surface area contributed by atoms with Gasteiger partial charge in [0.2, 0.25) is 0 Å². The highest BCUT2D eigenvalue weighted by Gasteiger charge is 2.06. The molecule has 0 atom stereocenters. The van der Waals surface area contributed by atoms with E-state index in [1.54, 1.807) is 0 Å². The fraction of sp³-hybridized carbons (Fsp3) is 0.923. The molecule has 190 valence electrons. The highest BCUT2D eigenvalue weighted by Crippen LogP contribution is 2.10. The van der Waals surface area contributed by atoms with E-state index in [9.17, 15) is 9.59 Å². The first kappa shape index (κ1) is 30.9. The van der Waals surface area contributed by atoms with Gasteiger partial charge in [-0.15, -0.1) is 0 Å². The molecule has 2 aliphatic heterocycles. The topological polar surface area (TPSA) is 81.1 Å². The summed E-state index contributed by atoms with van der Waals surface area (Å²) in [6.07, 6.45) is 17.1. The van der Waals surface area contributed by atoms with Gasteiger partial charge in [0.25, 0.3) is 0 Å². The van der Waals surface area contributed by atoms with Crippen LogP contribution in [0.4, 0.5) is 0 Å². The average molecular weight is 457 g/mol. The predicted octanol–water partition coefficient (Wildman–Crippen LogP) is 6.04. The molecule has 2 N–H and O–H groups in total. The molecular weight excluding hydrogens is 404 g/mol. The van der Waals surface area contributed by atoms with Crippen LogP contribution in [0.1, 0.15) is 117 Å². The summed E-state index contributed by atoms with van der Waals surface area (Å²) >= 11 is 0. The lowest BCUT2D eigenvalue weighted by Gasteiger charge is -2.24. The molecule has 2 fully saturated rings. The number of piperidine rings is 2. The standard InChI is InChI=1S/C12H22O4.2C7H15N/c13-11(14)9-7-5-3-1-2-4-6-8-10-12(15)16;2*1-2-8-6-4-3-5-7-8/h1-10H2,(H,13,14)(H,15,16);2*2-7H2,1H3. The smallest absolute Gasteiger partial charge is 0.303 e. The lowest BCUT2D eigenvalue weighted by molar-refractivity contribution is -0.138. The van der Waals surface area contributed by atoms with Gasteiger partial charge in [-0.25, -0.2) is 0 Å². The number of carboxylic acids is 2. The molecule has 0 aromatic carbocycles. The van der Waals surface area contributed by atoms with E-state index in [-0.39, 0.29) is 12.8 Å². The van der Waals surface area contributed by atoms with Crippen molar-refractivity contribution in [1.82, 2.24) is 9.80 Å². The molecule has 2 saturated heterocycles. The van der Waals surface area contributed by atoms with Gasteiger partial charge in [-0.2, -0.15) is 0 Å². The first-order valence-electron chi connectivity index (χ1n) is 13.4. The predicted molar refractivity (Wildman–Crippen MR) is 133 cm³/mol. The molecule has 0 aromatic heterocycles. The number of carbonyl (C=O) groups is 2. The van der Waals surface area contributed by atoms with Crippen molar-refractivity contribution in [1.29, 1.82) is 0 Å². The van der Waals surface area contributed by atoms with E-state index in [4.69, 9.17) is 10.2 Å². The van der Waals surface area contributed by atoms with Crippen molar-refractivity contribution in [2.75, 3.05) is 39.3 Å². The first-order chi connectivity index (χ1) is 15.5. The quantitative estimate of drug-likeness (QED) is 0.329. The summed E-state index contributed by atoms with van der Waals surface area (Å²) < 4.78 is 0. The highest BCUT2D eigenvalue weighted by atomic mass is 16.4. The van der Waals surface area contributed by atoms with Gasteiger partial charge < -0.3 is 20.0 Å². The third kappa shape index (κ3) is 22.1. The number of aliphatic carboxylic acids is 2. The molecule has 2 aliphatic rings. The van der Waals surface area contributed by atoms with E-state index >= 15 is 0 Å². The van der Waals surface area contributed by atoms with Crippen LogP contribution in [0, 0.1) is 0 Å². The van der Waals surface area contributed by atoms with E-state index in [0.29, 0.717) is 0 Å². The summed E-state index contributed by atoms with van der Waals surface area (Å²) in [5, 5.41) is 16.8. The zero-order valence-corrected chi connectivity index (χ0v) is 21.2. The minimum atomic E-state index is -0.714. The zero-order valence-electron chi connectivity index (χ0n) is 21.2. The Balaban J connectivity index is 0.000000497. The molecule has 0 radical (unpaired) electrons. The first-order valence-corrected chi connectivity index (χ1v) is 13.4. The third-order valence-corrected chi connectivity index (χ3v) is 6.32. The second-order valence-electron chi connectivity index (χ2n) is 9.11. The molecule has 6 heteroatoms. The van der Waals surface area contributed by atoms with Crippen molar-refractivity contribution >= 4 is 11.9 Å². The maximum Gasteiger partial charge on any atom is 0.303 e. The molecule has 6 nitrogen and oxygen atoms in total. The summed E-state index contributed by atoms with van der Waals surface area (Å²) in [6, 6.07) is 0. The van der Waals surface area contributed by atoms with Crippen molar-refractivity contribution < 1.29 is 19.8 Å². The minimum Gasteiger partial charge on any atom is -0.481 e. The second-order valence-corrected chi connectivity index (χ2v) is 9.11. The van der Waals surface area contributed by atoms with Gasteiger partial charge in [-0.1, -0.05) is 65.2 Å². The molecular formula is C26H52N2O4. The van der Waals surface area contributed by atoms with Crippen LogP contribution in [-0.2, 0) is 9.59 Å². The Morgan fingerprint density at radius 2 is 0.812 bits per heavy atom. The van der Waals surface area contributed by atoms with E-state index < -0.39 is 11.9 Å². The Bertz CT molecular complexity index is 394. The van der Waals surface area contributed by atoms with Crippen molar-refractivity contribution in [3.05, 3.63) is 0 Å². The lowest BCUT2D eigenvalue weighted by atomic mass is 10.1. The second kappa shape index (κ2) is 23.0. The molecule has 0 saturated carbocycles. The highest BCUT2D eigenvalue weighted by molar-refractivity contribution is 5.66. The van der Waals surface area contributed by atoms with Crippen LogP contribution in [-0.4, -0.2) is 71.2 Å². The fourth-order valence-corrected chi connectivity index (χ4v) is 4.16. The van der Waals surface area contributed by atoms with Gasteiger partial charge in [-0.3, -0.25) is 9.59 Å². The van der Waals surface area contributed by atoms with Crippen molar-refractivity contribution in [2.24, 2.45) is 0 Å². The number of nitrogens with zero attached hydrogens (tertiary/aromatic N) is 2.